The Morgan fingerprint density at radius 3 is 2.08 bits per heavy atom. The van der Waals surface area contributed by atoms with Gasteiger partial charge in [-0.05, 0) is 112 Å². The molecular weight excluding hydrogens is 794 g/mol. The van der Waals surface area contributed by atoms with E-state index in [4.69, 9.17) is 33.2 Å². The fourth-order valence-electron chi connectivity index (χ4n) is 14.0. The van der Waals surface area contributed by atoms with E-state index in [1.807, 2.05) is 0 Å². The first-order valence-electron chi connectivity index (χ1n) is 23.3. The number of aliphatic hydroxyl groups is 8. The van der Waals surface area contributed by atoms with E-state index in [0.29, 0.717) is 54.5 Å². The molecule has 348 valence electrons. The zero-order chi connectivity index (χ0) is 43.5. The van der Waals surface area contributed by atoms with Gasteiger partial charge in [-0.15, -0.1) is 0 Å². The third-order valence-corrected chi connectivity index (χ3v) is 17.8. The number of piperidine rings is 1. The van der Waals surface area contributed by atoms with Crippen LogP contribution in [-0.4, -0.2) is 164 Å². The largest absolute Gasteiger partial charge is 0.388 e. The Labute approximate surface area is 359 Å². The number of allylic oxidation sites excluding steroid dienone is 1. The second kappa shape index (κ2) is 16.8. The molecule has 9 N–H and O–H groups in total. The van der Waals surface area contributed by atoms with Crippen molar-refractivity contribution in [1.29, 1.82) is 0 Å². The minimum Gasteiger partial charge on any atom is -0.388 e. The summed E-state index contributed by atoms with van der Waals surface area (Å²) in [6, 6.07) is 0. The fraction of sp³-hybridized carbons (Fsp3) is 0.956. The van der Waals surface area contributed by atoms with Gasteiger partial charge in [-0.2, -0.15) is 0 Å². The zero-order valence-electron chi connectivity index (χ0n) is 36.6. The highest BCUT2D eigenvalue weighted by atomic mass is 16.8. The van der Waals surface area contributed by atoms with Crippen LogP contribution in [0.25, 0.3) is 0 Å². The Morgan fingerprint density at radius 1 is 0.705 bits per heavy atom. The molecule has 0 radical (unpaired) electrons. The van der Waals surface area contributed by atoms with Crippen LogP contribution in [0.1, 0.15) is 99.3 Å². The van der Waals surface area contributed by atoms with E-state index in [-0.39, 0.29) is 22.7 Å². The van der Waals surface area contributed by atoms with Crippen LogP contribution in [0.15, 0.2) is 11.6 Å². The van der Waals surface area contributed by atoms with Crippen LogP contribution in [0, 0.1) is 46.3 Å². The fourth-order valence-corrected chi connectivity index (χ4v) is 14.0. The van der Waals surface area contributed by atoms with Gasteiger partial charge in [0.25, 0.3) is 0 Å². The Balaban J connectivity index is 0.902. The molecule has 3 saturated carbocycles. The lowest BCUT2D eigenvalue weighted by Gasteiger charge is -2.59. The molecular formula is C45H73NO15. The van der Waals surface area contributed by atoms with Crippen LogP contribution < -0.4 is 5.32 Å². The third-order valence-electron chi connectivity index (χ3n) is 17.8. The maximum atomic E-state index is 11.6. The summed E-state index contributed by atoms with van der Waals surface area (Å²) in [6.07, 6.45) is -9.50. The second-order valence-electron chi connectivity index (χ2n) is 21.2. The number of hydrogen-bond acceptors (Lipinski definition) is 16. The average Bonchev–Trinajstić information content (AvgIpc) is 3.68. The van der Waals surface area contributed by atoms with Crippen LogP contribution in [0.3, 0.4) is 0 Å². The summed E-state index contributed by atoms with van der Waals surface area (Å²) >= 11 is 0. The lowest BCUT2D eigenvalue weighted by Crippen LogP contribution is -2.65. The summed E-state index contributed by atoms with van der Waals surface area (Å²) in [5.41, 5.74) is 1.41. The Morgan fingerprint density at radius 2 is 1.39 bits per heavy atom. The predicted octanol–water partition coefficient (Wildman–Crippen LogP) is 0.815. The van der Waals surface area contributed by atoms with Gasteiger partial charge >= 0.3 is 0 Å². The van der Waals surface area contributed by atoms with Crippen molar-refractivity contribution in [2.45, 2.75) is 209 Å². The molecule has 0 aromatic heterocycles. The summed E-state index contributed by atoms with van der Waals surface area (Å²) in [5, 5.41) is 89.5. The zero-order valence-corrected chi connectivity index (χ0v) is 36.6. The van der Waals surface area contributed by atoms with Crippen LogP contribution in [0.2, 0.25) is 0 Å². The second-order valence-corrected chi connectivity index (χ2v) is 21.2. The minimum absolute atomic E-state index is 0.00472. The first-order chi connectivity index (χ1) is 28.9. The molecule has 9 aliphatic rings. The van der Waals surface area contributed by atoms with E-state index in [9.17, 15) is 40.9 Å². The molecule has 5 heterocycles. The van der Waals surface area contributed by atoms with E-state index in [1.54, 1.807) is 0 Å². The average molecular weight is 868 g/mol. The van der Waals surface area contributed by atoms with E-state index < -0.39 is 98.7 Å². The first-order valence-corrected chi connectivity index (χ1v) is 23.3. The van der Waals surface area contributed by atoms with E-state index >= 15 is 0 Å². The van der Waals surface area contributed by atoms with Gasteiger partial charge in [-0.1, -0.05) is 39.3 Å². The maximum absolute atomic E-state index is 11.6. The molecule has 5 saturated heterocycles. The maximum Gasteiger partial charge on any atom is 0.187 e. The molecule has 0 bridgehead atoms. The molecule has 0 unspecified atom stereocenters. The van der Waals surface area contributed by atoms with Crippen molar-refractivity contribution in [2.75, 3.05) is 13.2 Å². The van der Waals surface area contributed by atoms with Crippen LogP contribution in [-0.2, 0) is 33.2 Å². The third kappa shape index (κ3) is 7.52. The van der Waals surface area contributed by atoms with E-state index in [2.05, 4.69) is 39.1 Å². The van der Waals surface area contributed by atoms with Gasteiger partial charge in [0.2, 0.25) is 0 Å². The Hall–Kier alpha value is -0.900. The van der Waals surface area contributed by atoms with Gasteiger partial charge < -0.3 is 74.0 Å². The van der Waals surface area contributed by atoms with Crippen molar-refractivity contribution >= 4 is 0 Å². The Kier molecular flexibility index (Phi) is 12.4. The standard InChI is InChI=1S/C45H73NO15/c1-19-9-14-45(46-17-19)20(2)30-28(61-45)16-27-25-8-7-23-15-24(10-12-43(23,5)26(25)11-13-44(27,30)6)58-42-39(60-41-38(54)35(51)32(48)22(4)57-41)36(52)33(49)29(59-42)18-55-40-37(53)34(50)31(47)21(3)56-40/h7,19-22,24-42,46-54H,8-18H2,1-6H3/t19-,20+,21+,22+,24+,25-,26+,27+,28+,29-,30+,31+,32+,33-,34-,35-,36+,37-,38-,39-,40-,41+,42-,43+,44+,45-/m1/s1. The van der Waals surface area contributed by atoms with Crippen molar-refractivity contribution in [3.05, 3.63) is 11.6 Å². The summed E-state index contributed by atoms with van der Waals surface area (Å²) in [5.74, 6) is 3.43. The van der Waals surface area contributed by atoms with Crippen molar-refractivity contribution in [2.24, 2.45) is 46.3 Å². The van der Waals surface area contributed by atoms with Crippen LogP contribution >= 0.6 is 0 Å². The van der Waals surface area contributed by atoms with E-state index in [1.165, 1.54) is 38.7 Å². The van der Waals surface area contributed by atoms with Crippen molar-refractivity contribution in [1.82, 2.24) is 5.32 Å². The number of fused-ring (bicyclic) bond motifs is 7. The molecule has 0 aromatic carbocycles. The highest BCUT2D eigenvalue weighted by Crippen LogP contribution is 2.70. The summed E-state index contributed by atoms with van der Waals surface area (Å²) < 4.78 is 43.3. The smallest absolute Gasteiger partial charge is 0.187 e. The number of aliphatic hydroxyl groups excluding tert-OH is 8. The highest BCUT2D eigenvalue weighted by molar-refractivity contribution is 5.26. The Bertz CT molecular complexity index is 1600. The molecule has 9 rings (SSSR count). The first kappa shape index (κ1) is 45.3. The number of nitrogens with one attached hydrogen (secondary N) is 1. The molecule has 0 aromatic rings. The molecule has 16 heteroatoms. The molecule has 26 atom stereocenters. The minimum atomic E-state index is -1.68. The van der Waals surface area contributed by atoms with E-state index in [0.717, 1.165) is 32.2 Å². The number of ether oxygens (including phenoxy) is 7. The van der Waals surface area contributed by atoms with Gasteiger partial charge in [-0.3, -0.25) is 5.32 Å². The molecule has 0 amide bonds. The SMILES string of the molecule is C[C@@H]1CC[C@@]2(NC1)O[C@H]1C[C@H]3[C@@H]4CC=C5C[C@@H](O[C@@H]6O[C@H](CO[C@@H]7O[C@@H](C)[C@H](O)[C@@H](O)[C@H]7O)[C@@H](O)[C@H](O)[C@H]6O[C@@H]6O[C@@H](C)[C@H](O)[C@@H](O)[C@H]6O)CC[C@]5(C)[C@H]4CC[C@]3(C)[C@H]1[C@@H]2C. The molecule has 8 fully saturated rings. The predicted molar refractivity (Wildman–Crippen MR) is 215 cm³/mol. The van der Waals surface area contributed by atoms with Gasteiger partial charge in [-0.25, -0.2) is 0 Å². The van der Waals surface area contributed by atoms with Gasteiger partial charge in [0.05, 0.1) is 31.0 Å². The normalized spacial score (nSPS) is 58.4. The van der Waals surface area contributed by atoms with Crippen LogP contribution in [0.4, 0.5) is 0 Å². The molecule has 61 heavy (non-hydrogen) atoms. The lowest BCUT2D eigenvalue weighted by molar-refractivity contribution is -0.374. The summed E-state index contributed by atoms with van der Waals surface area (Å²) in [4.78, 5) is 0. The monoisotopic (exact) mass is 867 g/mol. The molecule has 4 aliphatic carbocycles. The number of hydrogen-bond donors (Lipinski definition) is 9. The lowest BCUT2D eigenvalue weighted by atomic mass is 9.47. The quantitative estimate of drug-likeness (QED) is 0.161. The van der Waals surface area contributed by atoms with Gasteiger partial charge in [0.15, 0.2) is 18.9 Å². The van der Waals surface area contributed by atoms with Gasteiger partial charge in [0.1, 0.15) is 66.8 Å². The molecule has 5 aliphatic heterocycles. The topological polar surface area (TPSA) is 238 Å². The highest BCUT2D eigenvalue weighted by Gasteiger charge is 2.68. The molecule has 1 spiro atoms. The summed E-state index contributed by atoms with van der Waals surface area (Å²) in [6.45, 7) is 13.4. The van der Waals surface area contributed by atoms with Crippen molar-refractivity contribution in [3.8, 4) is 0 Å². The molecule has 16 nitrogen and oxygen atoms in total. The van der Waals surface area contributed by atoms with Crippen LogP contribution in [0.5, 0.6) is 0 Å². The summed E-state index contributed by atoms with van der Waals surface area (Å²) in [7, 11) is 0. The van der Waals surface area contributed by atoms with Gasteiger partial charge in [0, 0.05) is 12.5 Å². The number of rotatable bonds is 7. The van der Waals surface area contributed by atoms with Crippen molar-refractivity contribution < 1.29 is 74.0 Å². The van der Waals surface area contributed by atoms with Crippen molar-refractivity contribution in [3.63, 3.8) is 0 Å².